The van der Waals surface area contributed by atoms with E-state index < -0.39 is 6.10 Å². The topological polar surface area (TPSA) is 46.5 Å². The summed E-state index contributed by atoms with van der Waals surface area (Å²) >= 11 is 0. The Balaban J connectivity index is 2.70. The fourth-order valence-electron chi connectivity index (χ4n) is 2.31. The lowest BCUT2D eigenvalue weighted by molar-refractivity contribution is -0.143. The number of aliphatic hydroxyl groups excluding tert-OH is 1. The van der Waals surface area contributed by atoms with Gasteiger partial charge in [0.25, 0.3) is 0 Å². The first-order chi connectivity index (χ1) is 6.34. The van der Waals surface area contributed by atoms with Crippen molar-refractivity contribution in [3.8, 4) is 0 Å². The van der Waals surface area contributed by atoms with Crippen molar-refractivity contribution in [1.82, 2.24) is 0 Å². The van der Waals surface area contributed by atoms with Gasteiger partial charge in [-0.1, -0.05) is 27.7 Å². The van der Waals surface area contributed by atoms with Gasteiger partial charge in [0.05, 0.1) is 19.1 Å². The highest BCUT2D eigenvalue weighted by molar-refractivity contribution is 5.77. The summed E-state index contributed by atoms with van der Waals surface area (Å²) in [5, 5.41) is 9.91. The van der Waals surface area contributed by atoms with Gasteiger partial charge in [0.2, 0.25) is 0 Å². The molecule has 0 aromatic rings. The van der Waals surface area contributed by atoms with Gasteiger partial charge in [0, 0.05) is 5.92 Å². The van der Waals surface area contributed by atoms with Crippen LogP contribution in [0.3, 0.4) is 0 Å². The first kappa shape index (κ1) is 11.5. The van der Waals surface area contributed by atoms with Crippen molar-refractivity contribution in [2.24, 2.45) is 23.2 Å². The third kappa shape index (κ3) is 1.65. The number of hydrogen-bond acceptors (Lipinski definition) is 3. The quantitative estimate of drug-likeness (QED) is 0.701. The third-order valence-electron chi connectivity index (χ3n) is 3.42. The van der Waals surface area contributed by atoms with Crippen molar-refractivity contribution in [2.45, 2.75) is 33.8 Å². The van der Waals surface area contributed by atoms with Crippen LogP contribution in [0.4, 0.5) is 0 Å². The van der Waals surface area contributed by atoms with Crippen LogP contribution < -0.4 is 0 Å². The number of methoxy groups -OCH3 is 1. The summed E-state index contributed by atoms with van der Waals surface area (Å²) in [6, 6.07) is 0. The molecule has 0 spiro atoms. The summed E-state index contributed by atoms with van der Waals surface area (Å²) in [6.07, 6.45) is -0.408. The Kier molecular flexibility index (Phi) is 2.91. The van der Waals surface area contributed by atoms with E-state index in [1.807, 2.05) is 27.7 Å². The second-order valence-electron chi connectivity index (χ2n) is 5.08. The van der Waals surface area contributed by atoms with Gasteiger partial charge in [-0.05, 0) is 11.3 Å². The van der Waals surface area contributed by atoms with E-state index in [1.54, 1.807) is 0 Å². The lowest BCUT2D eigenvalue weighted by atomic mass is 9.98. The molecule has 0 bridgehead atoms. The van der Waals surface area contributed by atoms with Gasteiger partial charge in [0.1, 0.15) is 0 Å². The molecule has 0 aliphatic heterocycles. The molecule has 14 heavy (non-hydrogen) atoms. The fraction of sp³-hybridized carbons (Fsp3) is 0.909. The highest BCUT2D eigenvalue weighted by atomic mass is 16.5. The first-order valence-electron chi connectivity index (χ1n) is 5.10. The molecule has 0 heterocycles. The summed E-state index contributed by atoms with van der Waals surface area (Å²) in [5.74, 6) is -0.0894. The highest BCUT2D eigenvalue weighted by Crippen LogP contribution is 2.61. The van der Waals surface area contributed by atoms with E-state index in [0.717, 1.165) is 0 Å². The van der Waals surface area contributed by atoms with E-state index in [0.29, 0.717) is 0 Å². The SMILES string of the molecule is COC(=O)[C@@H]1[C@H]([C@@H](O)C(C)C)C1(C)C. The van der Waals surface area contributed by atoms with Crippen molar-refractivity contribution in [2.75, 3.05) is 7.11 Å². The fourth-order valence-corrected chi connectivity index (χ4v) is 2.31. The van der Waals surface area contributed by atoms with E-state index in [-0.39, 0.29) is 29.1 Å². The van der Waals surface area contributed by atoms with Crippen LogP contribution in [-0.4, -0.2) is 24.3 Å². The average molecular weight is 200 g/mol. The number of rotatable bonds is 3. The van der Waals surface area contributed by atoms with Crippen molar-refractivity contribution in [1.29, 1.82) is 0 Å². The van der Waals surface area contributed by atoms with Crippen molar-refractivity contribution in [3.05, 3.63) is 0 Å². The van der Waals surface area contributed by atoms with Crippen LogP contribution in [-0.2, 0) is 9.53 Å². The van der Waals surface area contributed by atoms with Gasteiger partial charge in [0.15, 0.2) is 0 Å². The molecule has 0 aromatic heterocycles. The van der Waals surface area contributed by atoms with Crippen LogP contribution in [0, 0.1) is 23.2 Å². The molecule has 3 atom stereocenters. The molecule has 0 aromatic carbocycles. The molecule has 1 aliphatic rings. The number of hydrogen-bond donors (Lipinski definition) is 1. The molecule has 82 valence electrons. The molecule has 1 saturated carbocycles. The number of carbonyl (C=O) groups excluding carboxylic acids is 1. The van der Waals surface area contributed by atoms with Gasteiger partial charge in [-0.3, -0.25) is 4.79 Å². The monoisotopic (exact) mass is 200 g/mol. The molecule has 1 aliphatic carbocycles. The number of aliphatic hydroxyl groups is 1. The van der Waals surface area contributed by atoms with Gasteiger partial charge < -0.3 is 9.84 Å². The van der Waals surface area contributed by atoms with Gasteiger partial charge in [-0.2, -0.15) is 0 Å². The summed E-state index contributed by atoms with van der Waals surface area (Å²) < 4.78 is 4.72. The summed E-state index contributed by atoms with van der Waals surface area (Å²) in [4.78, 5) is 11.4. The van der Waals surface area contributed by atoms with E-state index in [4.69, 9.17) is 4.74 Å². The van der Waals surface area contributed by atoms with Crippen LogP contribution in [0.15, 0.2) is 0 Å². The maximum atomic E-state index is 11.4. The molecule has 0 amide bonds. The van der Waals surface area contributed by atoms with Crippen LogP contribution in [0.5, 0.6) is 0 Å². The zero-order valence-electron chi connectivity index (χ0n) is 9.57. The first-order valence-corrected chi connectivity index (χ1v) is 5.10. The van der Waals surface area contributed by atoms with Crippen molar-refractivity contribution < 1.29 is 14.6 Å². The maximum Gasteiger partial charge on any atom is 0.309 e. The summed E-state index contributed by atoms with van der Waals surface area (Å²) in [5.41, 5.74) is -0.114. The third-order valence-corrected chi connectivity index (χ3v) is 3.42. The van der Waals surface area contributed by atoms with Crippen LogP contribution in [0.2, 0.25) is 0 Å². The molecule has 1 rings (SSSR count). The Morgan fingerprint density at radius 1 is 1.43 bits per heavy atom. The molecule has 1 N–H and O–H groups in total. The van der Waals surface area contributed by atoms with Crippen LogP contribution in [0.25, 0.3) is 0 Å². The van der Waals surface area contributed by atoms with E-state index >= 15 is 0 Å². The normalized spacial score (nSPS) is 31.4. The zero-order chi connectivity index (χ0) is 11.1. The Hall–Kier alpha value is -0.570. The largest absolute Gasteiger partial charge is 0.469 e. The number of esters is 1. The smallest absolute Gasteiger partial charge is 0.309 e. The van der Waals surface area contributed by atoms with Gasteiger partial charge in [-0.15, -0.1) is 0 Å². The Morgan fingerprint density at radius 2 is 1.93 bits per heavy atom. The summed E-state index contributed by atoms with van der Waals surface area (Å²) in [6.45, 7) is 7.94. The molecular formula is C11H20O3. The van der Waals surface area contributed by atoms with Crippen molar-refractivity contribution >= 4 is 5.97 Å². The average Bonchev–Trinajstić information content (AvgIpc) is 2.66. The summed E-state index contributed by atoms with van der Waals surface area (Å²) in [7, 11) is 1.40. The lowest BCUT2D eigenvalue weighted by Gasteiger charge is -2.15. The van der Waals surface area contributed by atoms with E-state index in [9.17, 15) is 9.90 Å². The molecule has 3 nitrogen and oxygen atoms in total. The minimum atomic E-state index is -0.408. The molecule has 0 unspecified atom stereocenters. The molecule has 1 fully saturated rings. The molecule has 3 heteroatoms. The predicted octanol–water partition coefficient (Wildman–Crippen LogP) is 1.45. The van der Waals surface area contributed by atoms with Gasteiger partial charge >= 0.3 is 5.97 Å². The second-order valence-corrected chi connectivity index (χ2v) is 5.08. The minimum Gasteiger partial charge on any atom is -0.469 e. The van der Waals surface area contributed by atoms with E-state index in [2.05, 4.69) is 0 Å². The highest BCUT2D eigenvalue weighted by Gasteiger charge is 2.65. The number of ether oxygens (including phenoxy) is 1. The molecule has 0 radical (unpaired) electrons. The van der Waals surface area contributed by atoms with Crippen LogP contribution in [0.1, 0.15) is 27.7 Å². The Morgan fingerprint density at radius 3 is 2.29 bits per heavy atom. The lowest BCUT2D eigenvalue weighted by Crippen LogP contribution is -2.21. The Labute approximate surface area is 85.5 Å². The zero-order valence-corrected chi connectivity index (χ0v) is 9.57. The molecule has 0 saturated heterocycles. The number of carbonyl (C=O) groups is 1. The minimum absolute atomic E-state index is 0.0509. The second kappa shape index (κ2) is 3.54. The standard InChI is InChI=1S/C11H20O3/c1-6(2)9(12)7-8(10(13)14-5)11(7,3)4/h6-9,12H,1-5H3/t7-,8+,9+/m1/s1. The Bertz CT molecular complexity index is 233. The predicted molar refractivity (Wildman–Crippen MR) is 53.6 cm³/mol. The molecular weight excluding hydrogens is 180 g/mol. The van der Waals surface area contributed by atoms with Crippen LogP contribution >= 0.6 is 0 Å². The van der Waals surface area contributed by atoms with Gasteiger partial charge in [-0.25, -0.2) is 0 Å². The van der Waals surface area contributed by atoms with E-state index in [1.165, 1.54) is 7.11 Å². The maximum absolute atomic E-state index is 11.4. The van der Waals surface area contributed by atoms with Crippen molar-refractivity contribution in [3.63, 3.8) is 0 Å².